The van der Waals surface area contributed by atoms with E-state index in [1.165, 1.54) is 18.2 Å². The summed E-state index contributed by atoms with van der Waals surface area (Å²) in [7, 11) is -4.26. The van der Waals surface area contributed by atoms with Crippen molar-refractivity contribution in [3.05, 3.63) is 60.2 Å². The molecule has 0 unspecified atom stereocenters. The summed E-state index contributed by atoms with van der Waals surface area (Å²) in [5.41, 5.74) is 1.31. The molecule has 0 aromatic heterocycles. The molecule has 0 fully saturated rings. The zero-order chi connectivity index (χ0) is 17.3. The molecule has 0 bridgehead atoms. The van der Waals surface area contributed by atoms with Gasteiger partial charge < -0.3 is 5.11 Å². The number of benzene rings is 3. The van der Waals surface area contributed by atoms with Crippen LogP contribution in [0.5, 0.6) is 5.75 Å². The van der Waals surface area contributed by atoms with Gasteiger partial charge in [0.05, 0.1) is 10.6 Å². The third-order valence-corrected chi connectivity index (χ3v) is 4.45. The predicted octanol–water partition coefficient (Wildman–Crippen LogP) is 4.52. The number of rotatable bonds is 3. The lowest BCUT2D eigenvalue weighted by Gasteiger charge is -2.05. The first-order valence-corrected chi connectivity index (χ1v) is 8.51. The minimum Gasteiger partial charge on any atom is -0.506 e. The van der Waals surface area contributed by atoms with Crippen molar-refractivity contribution in [2.75, 3.05) is 0 Å². The SMILES string of the molecule is Cc1cc(S(=O)(=O)O)ccc1/N=N/c1c(O)ccc2ccccc12. The van der Waals surface area contributed by atoms with Crippen LogP contribution in [0.4, 0.5) is 11.4 Å². The van der Waals surface area contributed by atoms with Crippen molar-refractivity contribution in [1.82, 2.24) is 0 Å². The molecule has 2 N–H and O–H groups in total. The zero-order valence-corrected chi connectivity index (χ0v) is 13.5. The molecule has 7 heteroatoms. The molecule has 0 aliphatic heterocycles. The monoisotopic (exact) mass is 342 g/mol. The van der Waals surface area contributed by atoms with Crippen molar-refractivity contribution >= 4 is 32.3 Å². The quantitative estimate of drug-likeness (QED) is 0.540. The van der Waals surface area contributed by atoms with E-state index >= 15 is 0 Å². The van der Waals surface area contributed by atoms with Crippen molar-refractivity contribution in [3.63, 3.8) is 0 Å². The second kappa shape index (κ2) is 6.03. The molecule has 3 rings (SSSR count). The minimum absolute atomic E-state index is 0.00431. The summed E-state index contributed by atoms with van der Waals surface area (Å²) >= 11 is 0. The molecule has 0 amide bonds. The first-order chi connectivity index (χ1) is 11.4. The Labute approximate surface area is 138 Å². The molecule has 0 radical (unpaired) electrons. The van der Waals surface area contributed by atoms with Crippen molar-refractivity contribution in [1.29, 1.82) is 0 Å². The highest BCUT2D eigenvalue weighted by Gasteiger charge is 2.11. The molecule has 0 saturated heterocycles. The van der Waals surface area contributed by atoms with E-state index < -0.39 is 10.1 Å². The first kappa shape index (κ1) is 16.1. The zero-order valence-electron chi connectivity index (χ0n) is 12.7. The maximum absolute atomic E-state index is 11.1. The number of hydrogen-bond donors (Lipinski definition) is 2. The average molecular weight is 342 g/mol. The first-order valence-electron chi connectivity index (χ1n) is 7.07. The smallest absolute Gasteiger partial charge is 0.294 e. The summed E-state index contributed by atoms with van der Waals surface area (Å²) in [5, 5.41) is 19.9. The second-order valence-electron chi connectivity index (χ2n) is 5.28. The summed E-state index contributed by atoms with van der Waals surface area (Å²) in [6.07, 6.45) is 0. The van der Waals surface area contributed by atoms with E-state index in [0.29, 0.717) is 16.9 Å². The molecule has 0 spiro atoms. The van der Waals surface area contributed by atoms with Gasteiger partial charge in [0.1, 0.15) is 11.4 Å². The van der Waals surface area contributed by atoms with Gasteiger partial charge in [-0.05, 0) is 42.1 Å². The molecule has 0 aliphatic rings. The van der Waals surface area contributed by atoms with E-state index in [9.17, 15) is 13.5 Å². The Bertz CT molecular complexity index is 1060. The third kappa shape index (κ3) is 3.12. The van der Waals surface area contributed by atoms with E-state index in [4.69, 9.17) is 4.55 Å². The van der Waals surface area contributed by atoms with Gasteiger partial charge in [0.25, 0.3) is 10.1 Å². The van der Waals surface area contributed by atoms with Gasteiger partial charge in [-0.3, -0.25) is 4.55 Å². The largest absolute Gasteiger partial charge is 0.506 e. The van der Waals surface area contributed by atoms with Gasteiger partial charge in [0.2, 0.25) is 0 Å². The molecule has 0 aliphatic carbocycles. The molecule has 0 heterocycles. The molecular formula is C17H14N2O4S. The molecule has 24 heavy (non-hydrogen) atoms. The highest BCUT2D eigenvalue weighted by Crippen LogP contribution is 2.36. The topological polar surface area (TPSA) is 99.3 Å². The van der Waals surface area contributed by atoms with Crippen LogP contribution in [0.3, 0.4) is 0 Å². The lowest BCUT2D eigenvalue weighted by Crippen LogP contribution is -1.97. The highest BCUT2D eigenvalue weighted by atomic mass is 32.2. The summed E-state index contributed by atoms with van der Waals surface area (Å²) in [4.78, 5) is -0.202. The van der Waals surface area contributed by atoms with Gasteiger partial charge in [-0.25, -0.2) is 0 Å². The van der Waals surface area contributed by atoms with Crippen molar-refractivity contribution in [2.24, 2.45) is 10.2 Å². The summed E-state index contributed by atoms with van der Waals surface area (Å²) in [5.74, 6) is 0.00431. The van der Waals surface area contributed by atoms with Crippen LogP contribution in [0.1, 0.15) is 5.56 Å². The van der Waals surface area contributed by atoms with Crippen LogP contribution < -0.4 is 0 Å². The Kier molecular flexibility index (Phi) is 4.04. The molecular weight excluding hydrogens is 328 g/mol. The fraction of sp³-hybridized carbons (Fsp3) is 0.0588. The van der Waals surface area contributed by atoms with Gasteiger partial charge in [-0.1, -0.05) is 30.3 Å². The number of fused-ring (bicyclic) bond motifs is 1. The Morgan fingerprint density at radius 2 is 1.71 bits per heavy atom. The van der Waals surface area contributed by atoms with Crippen LogP contribution in [-0.2, 0) is 10.1 Å². The number of phenols is 1. The van der Waals surface area contributed by atoms with E-state index in [1.807, 2.05) is 24.3 Å². The van der Waals surface area contributed by atoms with Crippen LogP contribution in [-0.4, -0.2) is 18.1 Å². The number of aromatic hydroxyl groups is 1. The highest BCUT2D eigenvalue weighted by molar-refractivity contribution is 7.85. The van der Waals surface area contributed by atoms with Gasteiger partial charge in [0.15, 0.2) is 0 Å². The van der Waals surface area contributed by atoms with E-state index in [2.05, 4.69) is 10.2 Å². The number of nitrogens with zero attached hydrogens (tertiary/aromatic N) is 2. The van der Waals surface area contributed by atoms with Gasteiger partial charge in [-0.15, -0.1) is 5.11 Å². The van der Waals surface area contributed by atoms with Crippen LogP contribution in [0.25, 0.3) is 10.8 Å². The Hall–Kier alpha value is -2.77. The summed E-state index contributed by atoms with van der Waals surface area (Å²) in [6, 6.07) is 14.8. The van der Waals surface area contributed by atoms with Crippen LogP contribution in [0.15, 0.2) is 69.7 Å². The fourth-order valence-electron chi connectivity index (χ4n) is 2.35. The standard InChI is InChI=1S/C17H14N2O4S/c1-11-10-13(24(21,22)23)7-8-15(11)18-19-17-14-5-3-2-4-12(14)6-9-16(17)20/h2-10,20H,1H3,(H,21,22,23)/b19-18+. The van der Waals surface area contributed by atoms with E-state index in [0.717, 1.165) is 10.8 Å². The molecule has 0 saturated carbocycles. The fourth-order valence-corrected chi connectivity index (χ4v) is 2.92. The molecule has 3 aromatic carbocycles. The van der Waals surface area contributed by atoms with Crippen LogP contribution >= 0.6 is 0 Å². The minimum atomic E-state index is -4.26. The van der Waals surface area contributed by atoms with E-state index in [1.54, 1.807) is 19.1 Å². The van der Waals surface area contributed by atoms with Crippen molar-refractivity contribution in [2.45, 2.75) is 11.8 Å². The lowest BCUT2D eigenvalue weighted by molar-refractivity contribution is 0.477. The molecule has 122 valence electrons. The maximum atomic E-state index is 11.1. The number of phenolic OH excluding ortho intramolecular Hbond substituents is 1. The van der Waals surface area contributed by atoms with Crippen LogP contribution in [0.2, 0.25) is 0 Å². The lowest BCUT2D eigenvalue weighted by atomic mass is 10.1. The molecule has 3 aromatic rings. The third-order valence-electron chi connectivity index (χ3n) is 3.60. The Morgan fingerprint density at radius 1 is 0.958 bits per heavy atom. The summed E-state index contributed by atoms with van der Waals surface area (Å²) in [6.45, 7) is 1.66. The number of aryl methyl sites for hydroxylation is 1. The van der Waals surface area contributed by atoms with Crippen LogP contribution in [0, 0.1) is 6.92 Å². The van der Waals surface area contributed by atoms with Gasteiger partial charge in [-0.2, -0.15) is 13.5 Å². The normalized spacial score (nSPS) is 12.1. The Balaban J connectivity index is 2.05. The summed E-state index contributed by atoms with van der Waals surface area (Å²) < 4.78 is 31.3. The van der Waals surface area contributed by atoms with Crippen molar-refractivity contribution in [3.8, 4) is 5.75 Å². The Morgan fingerprint density at radius 3 is 2.42 bits per heavy atom. The van der Waals surface area contributed by atoms with Crippen molar-refractivity contribution < 1.29 is 18.1 Å². The predicted molar refractivity (Wildman–Crippen MR) is 90.8 cm³/mol. The second-order valence-corrected chi connectivity index (χ2v) is 6.70. The molecule has 6 nitrogen and oxygen atoms in total. The number of hydrogen-bond acceptors (Lipinski definition) is 5. The average Bonchev–Trinajstić information content (AvgIpc) is 2.54. The van der Waals surface area contributed by atoms with Gasteiger partial charge >= 0.3 is 0 Å². The van der Waals surface area contributed by atoms with E-state index in [-0.39, 0.29) is 10.6 Å². The van der Waals surface area contributed by atoms with Gasteiger partial charge in [0, 0.05) is 5.39 Å². The molecule has 0 atom stereocenters. The maximum Gasteiger partial charge on any atom is 0.294 e. The number of azo groups is 1.